The van der Waals surface area contributed by atoms with E-state index >= 15 is 0 Å². The Morgan fingerprint density at radius 1 is 1.50 bits per heavy atom. The lowest BCUT2D eigenvalue weighted by atomic mass is 10.1. The number of nitrogens with zero attached hydrogens (tertiary/aromatic N) is 1. The van der Waals surface area contributed by atoms with Crippen molar-refractivity contribution in [2.24, 2.45) is 0 Å². The van der Waals surface area contributed by atoms with Crippen LogP contribution in [0, 0.1) is 10.1 Å². The monoisotopic (exact) mass is 336 g/mol. The van der Waals surface area contributed by atoms with Gasteiger partial charge < -0.3 is 10.1 Å². The van der Waals surface area contributed by atoms with E-state index in [0.717, 1.165) is 25.9 Å². The van der Waals surface area contributed by atoms with Crippen molar-refractivity contribution in [1.82, 2.24) is 5.32 Å². The first-order valence-electron chi connectivity index (χ1n) is 5.48. The first-order valence-corrected chi connectivity index (χ1v) is 6.27. The zero-order valence-electron chi connectivity index (χ0n) is 9.60. The fourth-order valence-electron chi connectivity index (χ4n) is 1.83. The zero-order valence-corrected chi connectivity index (χ0v) is 12.0. The summed E-state index contributed by atoms with van der Waals surface area (Å²) >= 11 is 3.22. The van der Waals surface area contributed by atoms with Crippen molar-refractivity contribution in [3.8, 4) is 5.75 Å². The van der Waals surface area contributed by atoms with Gasteiger partial charge in [-0.3, -0.25) is 10.1 Å². The highest BCUT2D eigenvalue weighted by atomic mass is 79.9. The molecule has 1 aliphatic rings. The van der Waals surface area contributed by atoms with Crippen LogP contribution in [0.25, 0.3) is 0 Å². The van der Waals surface area contributed by atoms with Crippen LogP contribution in [0.2, 0.25) is 0 Å². The van der Waals surface area contributed by atoms with Crippen molar-refractivity contribution < 1.29 is 9.66 Å². The van der Waals surface area contributed by atoms with Gasteiger partial charge in [0.2, 0.25) is 0 Å². The molecule has 0 aliphatic carbocycles. The van der Waals surface area contributed by atoms with Crippen molar-refractivity contribution in [3.05, 3.63) is 32.8 Å². The number of hydrogen-bond donors (Lipinski definition) is 1. The van der Waals surface area contributed by atoms with Crippen LogP contribution in [-0.4, -0.2) is 24.1 Å². The molecule has 1 aliphatic heterocycles. The van der Waals surface area contributed by atoms with E-state index in [4.69, 9.17) is 4.74 Å². The normalized spacial score (nSPS) is 18.8. The van der Waals surface area contributed by atoms with E-state index in [1.54, 1.807) is 12.1 Å². The SMILES string of the molecule is Cl.O=[N+]([O-])c1cc(Br)ccc1OC1CCCNC1. The Morgan fingerprint density at radius 3 is 2.89 bits per heavy atom. The highest BCUT2D eigenvalue weighted by Gasteiger charge is 2.20. The van der Waals surface area contributed by atoms with Gasteiger partial charge in [-0.05, 0) is 31.5 Å². The van der Waals surface area contributed by atoms with E-state index in [2.05, 4.69) is 21.2 Å². The third kappa shape index (κ3) is 3.83. The van der Waals surface area contributed by atoms with Gasteiger partial charge in [-0.1, -0.05) is 15.9 Å². The quantitative estimate of drug-likeness (QED) is 0.680. The van der Waals surface area contributed by atoms with Gasteiger partial charge in [0.1, 0.15) is 6.10 Å². The average Bonchev–Trinajstić information content (AvgIpc) is 2.32. The molecular weight excluding hydrogens is 323 g/mol. The van der Waals surface area contributed by atoms with Crippen molar-refractivity contribution >= 4 is 34.0 Å². The minimum Gasteiger partial charge on any atom is -0.482 e. The summed E-state index contributed by atoms with van der Waals surface area (Å²) in [5, 5.41) is 14.1. The Hall–Kier alpha value is -0.850. The molecule has 0 spiro atoms. The summed E-state index contributed by atoms with van der Waals surface area (Å²) in [5.74, 6) is 0.340. The molecule has 5 nitrogen and oxygen atoms in total. The second-order valence-corrected chi connectivity index (χ2v) is 4.87. The summed E-state index contributed by atoms with van der Waals surface area (Å²) in [4.78, 5) is 10.5. The van der Waals surface area contributed by atoms with Crippen LogP contribution in [-0.2, 0) is 0 Å². The largest absolute Gasteiger partial charge is 0.482 e. The molecular formula is C11H14BrClN2O3. The highest BCUT2D eigenvalue weighted by molar-refractivity contribution is 9.10. The summed E-state index contributed by atoms with van der Waals surface area (Å²) < 4.78 is 6.36. The molecule has 18 heavy (non-hydrogen) atoms. The molecule has 100 valence electrons. The van der Waals surface area contributed by atoms with Gasteiger partial charge >= 0.3 is 5.69 Å². The average molecular weight is 338 g/mol. The molecule has 7 heteroatoms. The third-order valence-electron chi connectivity index (χ3n) is 2.66. The first kappa shape index (κ1) is 15.2. The van der Waals surface area contributed by atoms with Crippen molar-refractivity contribution in [2.45, 2.75) is 18.9 Å². The van der Waals surface area contributed by atoms with E-state index in [1.165, 1.54) is 6.07 Å². The molecule has 0 radical (unpaired) electrons. The van der Waals surface area contributed by atoms with Gasteiger partial charge in [0, 0.05) is 17.1 Å². The van der Waals surface area contributed by atoms with Gasteiger partial charge in [0.25, 0.3) is 0 Å². The molecule has 1 N–H and O–H groups in total. The summed E-state index contributed by atoms with van der Waals surface area (Å²) in [6.45, 7) is 1.73. The van der Waals surface area contributed by atoms with Crippen LogP contribution < -0.4 is 10.1 Å². The topological polar surface area (TPSA) is 64.4 Å². The predicted octanol–water partition coefficient (Wildman–Crippen LogP) is 2.91. The van der Waals surface area contributed by atoms with Crippen LogP contribution in [0.4, 0.5) is 5.69 Å². The number of hydrogen-bond acceptors (Lipinski definition) is 4. The number of nitro groups is 1. The van der Waals surface area contributed by atoms with Crippen LogP contribution in [0.3, 0.4) is 0 Å². The van der Waals surface area contributed by atoms with Crippen LogP contribution in [0.5, 0.6) is 5.75 Å². The summed E-state index contributed by atoms with van der Waals surface area (Å²) in [7, 11) is 0. The van der Waals surface area contributed by atoms with E-state index in [9.17, 15) is 10.1 Å². The number of rotatable bonds is 3. The number of benzene rings is 1. The standard InChI is InChI=1S/C11H13BrN2O3.ClH/c12-8-3-4-11(10(6-8)14(15)16)17-9-2-1-5-13-7-9;/h3-4,6,9,13H,1-2,5,7H2;1H. The Morgan fingerprint density at radius 2 is 2.28 bits per heavy atom. The maximum absolute atomic E-state index is 10.9. The van der Waals surface area contributed by atoms with E-state index in [-0.39, 0.29) is 24.2 Å². The van der Waals surface area contributed by atoms with Gasteiger partial charge in [-0.25, -0.2) is 0 Å². The fraction of sp³-hybridized carbons (Fsp3) is 0.455. The molecule has 1 atom stereocenters. The molecule has 1 fully saturated rings. The van der Waals surface area contributed by atoms with Crippen molar-refractivity contribution in [2.75, 3.05) is 13.1 Å². The fourth-order valence-corrected chi connectivity index (χ4v) is 2.18. The molecule has 1 unspecified atom stereocenters. The number of halogens is 2. The van der Waals surface area contributed by atoms with Gasteiger partial charge in [-0.2, -0.15) is 0 Å². The molecule has 0 bridgehead atoms. The molecule has 0 aromatic heterocycles. The Balaban J connectivity index is 0.00000162. The Kier molecular flexibility index (Phi) is 5.84. The zero-order chi connectivity index (χ0) is 12.3. The van der Waals surface area contributed by atoms with Crippen molar-refractivity contribution in [3.63, 3.8) is 0 Å². The lowest BCUT2D eigenvalue weighted by Crippen LogP contribution is -2.37. The van der Waals surface area contributed by atoms with Gasteiger partial charge in [0.05, 0.1) is 4.92 Å². The van der Waals surface area contributed by atoms with Crippen LogP contribution in [0.1, 0.15) is 12.8 Å². The molecule has 1 aromatic rings. The van der Waals surface area contributed by atoms with E-state index in [0.29, 0.717) is 10.2 Å². The molecule has 1 aromatic carbocycles. The lowest BCUT2D eigenvalue weighted by molar-refractivity contribution is -0.386. The second kappa shape index (κ2) is 6.92. The van der Waals surface area contributed by atoms with Crippen LogP contribution in [0.15, 0.2) is 22.7 Å². The van der Waals surface area contributed by atoms with Gasteiger partial charge in [0.15, 0.2) is 5.75 Å². The minimum absolute atomic E-state index is 0. The third-order valence-corrected chi connectivity index (χ3v) is 3.16. The number of ether oxygens (including phenoxy) is 1. The minimum atomic E-state index is -0.420. The summed E-state index contributed by atoms with van der Waals surface area (Å²) in [6, 6.07) is 4.85. The Bertz CT molecular complexity index is 425. The molecule has 1 heterocycles. The van der Waals surface area contributed by atoms with Crippen LogP contribution >= 0.6 is 28.3 Å². The second-order valence-electron chi connectivity index (χ2n) is 3.96. The lowest BCUT2D eigenvalue weighted by Gasteiger charge is -2.23. The molecule has 1 saturated heterocycles. The number of piperidine rings is 1. The maximum atomic E-state index is 10.9. The molecule has 0 amide bonds. The number of nitro benzene ring substituents is 1. The molecule has 0 saturated carbocycles. The Labute approximate surface area is 120 Å². The van der Waals surface area contributed by atoms with Crippen molar-refractivity contribution in [1.29, 1.82) is 0 Å². The number of nitrogens with one attached hydrogen (secondary N) is 1. The summed E-state index contributed by atoms with van der Waals surface area (Å²) in [6.07, 6.45) is 1.98. The molecule has 2 rings (SSSR count). The van der Waals surface area contributed by atoms with Gasteiger partial charge in [-0.15, -0.1) is 12.4 Å². The smallest absolute Gasteiger partial charge is 0.312 e. The van der Waals surface area contributed by atoms with E-state index in [1.807, 2.05) is 0 Å². The van der Waals surface area contributed by atoms with E-state index < -0.39 is 4.92 Å². The maximum Gasteiger partial charge on any atom is 0.312 e. The summed E-state index contributed by atoms with van der Waals surface area (Å²) in [5.41, 5.74) is 0.00458. The predicted molar refractivity (Wildman–Crippen MR) is 74.6 cm³/mol. The highest BCUT2D eigenvalue weighted by Crippen LogP contribution is 2.31. The first-order chi connectivity index (χ1) is 8.16.